The number of methoxy groups -OCH3 is 2. The topological polar surface area (TPSA) is 96.8 Å². The van der Waals surface area contributed by atoms with Crippen molar-refractivity contribution < 1.29 is 26.8 Å². The zero-order valence-electron chi connectivity index (χ0n) is 23.8. The first-order valence-corrected chi connectivity index (χ1v) is 16.8. The maximum absolute atomic E-state index is 13.9. The zero-order chi connectivity index (χ0) is 29.0. The summed E-state index contributed by atoms with van der Waals surface area (Å²) < 4.78 is 60.7. The summed E-state index contributed by atoms with van der Waals surface area (Å²) in [5.41, 5.74) is 1.95. The second-order valence-corrected chi connectivity index (χ2v) is 13.7. The standard InChI is InChI=1S/C32H34N2O6S2/c1-37-21-12-14-23-26(19-21)39-32(18-7-4-11-29(32)31(23)16-5-3-6-17-31)24-15-13-22(38-2)20-27(24)40-42(35,36)28-10-8-9-25-30(28)34-41-33-25/h8-10,12-15,19-20,29H,3-7,11,16-18H2,1-2H3/t29-,32-/m1/s1. The van der Waals surface area contributed by atoms with E-state index >= 15 is 0 Å². The molecule has 0 N–H and O–H groups in total. The van der Waals surface area contributed by atoms with Gasteiger partial charge in [0, 0.05) is 34.6 Å². The van der Waals surface area contributed by atoms with E-state index in [1.165, 1.54) is 18.1 Å². The minimum Gasteiger partial charge on any atom is -0.497 e. The van der Waals surface area contributed by atoms with Crippen LogP contribution in [-0.2, 0) is 21.1 Å². The number of hydrogen-bond donors (Lipinski definition) is 0. The van der Waals surface area contributed by atoms with E-state index in [0.29, 0.717) is 16.8 Å². The lowest BCUT2D eigenvalue weighted by Gasteiger charge is -2.58. The van der Waals surface area contributed by atoms with Gasteiger partial charge in [-0.3, -0.25) is 0 Å². The number of benzene rings is 3. The van der Waals surface area contributed by atoms with Crippen molar-refractivity contribution in [3.63, 3.8) is 0 Å². The minimum absolute atomic E-state index is 0.0105. The number of nitrogens with zero attached hydrogens (tertiary/aromatic N) is 2. The Morgan fingerprint density at radius 1 is 0.857 bits per heavy atom. The number of aromatic nitrogens is 2. The zero-order valence-corrected chi connectivity index (χ0v) is 25.4. The summed E-state index contributed by atoms with van der Waals surface area (Å²) in [6.45, 7) is 0. The molecule has 2 atom stereocenters. The predicted octanol–water partition coefficient (Wildman–Crippen LogP) is 7.16. The van der Waals surface area contributed by atoms with Crippen molar-refractivity contribution >= 4 is 32.9 Å². The number of ether oxygens (including phenoxy) is 3. The van der Waals surface area contributed by atoms with E-state index in [2.05, 4.69) is 14.8 Å². The molecule has 8 nitrogen and oxygen atoms in total. The second kappa shape index (κ2) is 10.4. The normalized spacial score (nSPS) is 23.0. The molecule has 1 spiro atoms. The van der Waals surface area contributed by atoms with Crippen molar-refractivity contribution in [2.75, 3.05) is 14.2 Å². The van der Waals surface area contributed by atoms with E-state index in [-0.39, 0.29) is 22.0 Å². The van der Waals surface area contributed by atoms with E-state index in [0.717, 1.165) is 80.2 Å². The van der Waals surface area contributed by atoms with Crippen LogP contribution in [0.4, 0.5) is 0 Å². The lowest BCUT2D eigenvalue weighted by molar-refractivity contribution is -0.0956. The largest absolute Gasteiger partial charge is 0.497 e. The van der Waals surface area contributed by atoms with Crippen LogP contribution in [-0.4, -0.2) is 31.4 Å². The molecule has 2 saturated carbocycles. The van der Waals surface area contributed by atoms with Crippen LogP contribution < -0.4 is 18.4 Å². The molecule has 3 aliphatic rings. The molecule has 2 heterocycles. The van der Waals surface area contributed by atoms with E-state index in [1.54, 1.807) is 32.4 Å². The molecule has 0 unspecified atom stereocenters. The molecule has 0 saturated heterocycles. The molecular formula is C32H34N2O6S2. The number of fused-ring (bicyclic) bond motifs is 5. The molecule has 3 aromatic carbocycles. The first-order chi connectivity index (χ1) is 20.4. The molecule has 7 rings (SSSR count). The maximum Gasteiger partial charge on any atom is 0.341 e. The van der Waals surface area contributed by atoms with Gasteiger partial charge in [-0.25, -0.2) is 0 Å². The molecule has 0 radical (unpaired) electrons. The van der Waals surface area contributed by atoms with Crippen LogP contribution in [0.15, 0.2) is 59.5 Å². The molecule has 2 aliphatic carbocycles. The SMILES string of the molecule is COc1ccc2c(c1)O[C@@]1(c3ccc(OC)cc3OS(=O)(=O)c3cccc4nsnc34)CCCC[C@@H]1C21CCCCC1. The fraction of sp³-hybridized carbons (Fsp3) is 0.438. The Morgan fingerprint density at radius 2 is 1.60 bits per heavy atom. The lowest BCUT2D eigenvalue weighted by atomic mass is 9.51. The molecule has 0 amide bonds. The second-order valence-electron chi connectivity index (χ2n) is 11.7. The summed E-state index contributed by atoms with van der Waals surface area (Å²) in [5, 5.41) is 0. The Bertz CT molecular complexity index is 1750. The third-order valence-electron chi connectivity index (χ3n) is 9.65. The summed E-state index contributed by atoms with van der Waals surface area (Å²) in [6.07, 6.45) is 9.50. The van der Waals surface area contributed by atoms with Gasteiger partial charge < -0.3 is 18.4 Å². The quantitative estimate of drug-likeness (QED) is 0.213. The Labute approximate surface area is 250 Å². The first kappa shape index (κ1) is 27.5. The van der Waals surface area contributed by atoms with Gasteiger partial charge in [0.15, 0.2) is 5.75 Å². The highest BCUT2D eigenvalue weighted by molar-refractivity contribution is 7.87. The molecule has 220 valence electrons. The third kappa shape index (κ3) is 4.25. The molecule has 10 heteroatoms. The van der Waals surface area contributed by atoms with Gasteiger partial charge in [-0.15, -0.1) is 0 Å². The predicted molar refractivity (Wildman–Crippen MR) is 160 cm³/mol. The molecule has 2 fully saturated rings. The van der Waals surface area contributed by atoms with Gasteiger partial charge in [0.25, 0.3) is 0 Å². The fourth-order valence-corrected chi connectivity index (χ4v) is 9.57. The monoisotopic (exact) mass is 606 g/mol. The summed E-state index contributed by atoms with van der Waals surface area (Å²) >= 11 is 0.974. The molecule has 4 aromatic rings. The van der Waals surface area contributed by atoms with Crippen molar-refractivity contribution in [2.45, 2.75) is 73.7 Å². The van der Waals surface area contributed by atoms with Crippen LogP contribution in [0.5, 0.6) is 23.0 Å². The van der Waals surface area contributed by atoms with Crippen LogP contribution in [0.25, 0.3) is 11.0 Å². The molecule has 42 heavy (non-hydrogen) atoms. The summed E-state index contributed by atoms with van der Waals surface area (Å²) in [6, 6.07) is 16.6. The van der Waals surface area contributed by atoms with Gasteiger partial charge in [-0.2, -0.15) is 17.2 Å². The van der Waals surface area contributed by atoms with E-state index < -0.39 is 15.7 Å². The van der Waals surface area contributed by atoms with Crippen LogP contribution in [0.1, 0.15) is 68.9 Å². The molecule has 1 aliphatic heterocycles. The van der Waals surface area contributed by atoms with E-state index in [1.807, 2.05) is 24.3 Å². The van der Waals surface area contributed by atoms with Gasteiger partial charge in [0.05, 0.1) is 25.9 Å². The van der Waals surface area contributed by atoms with Gasteiger partial charge in [-0.1, -0.05) is 37.8 Å². The lowest BCUT2D eigenvalue weighted by Crippen LogP contribution is -2.57. The summed E-state index contributed by atoms with van der Waals surface area (Å²) in [7, 11) is -1.04. The average molecular weight is 607 g/mol. The highest BCUT2D eigenvalue weighted by Gasteiger charge is 2.60. The molecular weight excluding hydrogens is 572 g/mol. The van der Waals surface area contributed by atoms with Gasteiger partial charge >= 0.3 is 10.1 Å². The Hall–Kier alpha value is -3.37. The van der Waals surface area contributed by atoms with Crippen LogP contribution in [0.2, 0.25) is 0 Å². The maximum atomic E-state index is 13.9. The van der Waals surface area contributed by atoms with E-state index in [4.69, 9.17) is 18.4 Å². The summed E-state index contributed by atoms with van der Waals surface area (Å²) in [4.78, 5) is -0.0105. The number of hydrogen-bond acceptors (Lipinski definition) is 9. The van der Waals surface area contributed by atoms with Crippen molar-refractivity contribution in [1.29, 1.82) is 0 Å². The van der Waals surface area contributed by atoms with Crippen LogP contribution in [0, 0.1) is 5.92 Å². The fourth-order valence-electron chi connectivity index (χ4n) is 7.87. The van der Waals surface area contributed by atoms with Gasteiger partial charge in [-0.05, 0) is 62.4 Å². The Morgan fingerprint density at radius 3 is 2.38 bits per heavy atom. The highest BCUT2D eigenvalue weighted by atomic mass is 32.2. The van der Waals surface area contributed by atoms with Crippen molar-refractivity contribution in [1.82, 2.24) is 8.75 Å². The summed E-state index contributed by atoms with van der Waals surface area (Å²) in [5.74, 6) is 2.44. The average Bonchev–Trinajstić information content (AvgIpc) is 3.50. The van der Waals surface area contributed by atoms with Gasteiger partial charge in [0.1, 0.15) is 38.8 Å². The van der Waals surface area contributed by atoms with E-state index in [9.17, 15) is 8.42 Å². The highest BCUT2D eigenvalue weighted by Crippen LogP contribution is 2.64. The third-order valence-corrected chi connectivity index (χ3v) is 11.5. The van der Waals surface area contributed by atoms with Crippen LogP contribution in [0.3, 0.4) is 0 Å². The van der Waals surface area contributed by atoms with Crippen molar-refractivity contribution in [3.05, 3.63) is 65.7 Å². The molecule has 0 bridgehead atoms. The number of rotatable bonds is 6. The Kier molecular flexibility index (Phi) is 6.81. The van der Waals surface area contributed by atoms with Crippen molar-refractivity contribution in [2.24, 2.45) is 5.92 Å². The molecule has 1 aromatic heterocycles. The van der Waals surface area contributed by atoms with Gasteiger partial charge in [0.2, 0.25) is 0 Å². The van der Waals surface area contributed by atoms with Crippen LogP contribution >= 0.6 is 11.7 Å². The first-order valence-electron chi connectivity index (χ1n) is 14.6. The Balaban J connectivity index is 1.42. The minimum atomic E-state index is -4.27. The van der Waals surface area contributed by atoms with Crippen molar-refractivity contribution in [3.8, 4) is 23.0 Å². The smallest absolute Gasteiger partial charge is 0.341 e.